The van der Waals surface area contributed by atoms with Crippen molar-refractivity contribution in [3.05, 3.63) is 52.3 Å². The monoisotopic (exact) mass is 456 g/mol. The Kier molecular flexibility index (Phi) is 6.82. The molecule has 0 bridgehead atoms. The number of benzene rings is 2. The Bertz CT molecular complexity index is 1150. The first-order valence-electron chi connectivity index (χ1n) is 8.71. The number of amidine groups is 1. The highest BCUT2D eigenvalue weighted by Gasteiger charge is 2.20. The van der Waals surface area contributed by atoms with Gasteiger partial charge in [0.05, 0.1) is 23.3 Å². The number of imidazole rings is 1. The number of hydrogen-bond acceptors (Lipinski definition) is 6. The van der Waals surface area contributed by atoms with Crippen molar-refractivity contribution in [2.75, 3.05) is 25.5 Å². The largest absolute Gasteiger partial charge is 0.453 e. The van der Waals surface area contributed by atoms with Crippen LogP contribution >= 0.6 is 11.6 Å². The summed E-state index contributed by atoms with van der Waals surface area (Å²) in [6.07, 6.45) is -0.627. The molecule has 0 radical (unpaired) electrons. The lowest BCUT2D eigenvalue weighted by Crippen LogP contribution is -2.28. The standard InChI is InChI=1S/C18H16ClF3N6O3/c1-31-18(29)24-5-4-23-17-26-14-9(7-12(21)13(22)15(14)27-17)16(28-30)25-8-2-3-11(20)10(19)6-8/h2-3,6-7,30H,4-5H2,1H3,(H,24,29)(H,25,28)(H2,23,26,27). The van der Waals surface area contributed by atoms with E-state index in [0.29, 0.717) is 0 Å². The van der Waals surface area contributed by atoms with Gasteiger partial charge in [-0.3, -0.25) is 10.7 Å². The molecule has 1 aromatic heterocycles. The maximum Gasteiger partial charge on any atom is 0.406 e. The van der Waals surface area contributed by atoms with Crippen molar-refractivity contribution >= 4 is 46.2 Å². The van der Waals surface area contributed by atoms with Gasteiger partial charge in [0, 0.05) is 18.7 Å². The van der Waals surface area contributed by atoms with Crippen LogP contribution in [0.15, 0.2) is 29.3 Å². The van der Waals surface area contributed by atoms with Gasteiger partial charge in [0.15, 0.2) is 17.5 Å². The fourth-order valence-electron chi connectivity index (χ4n) is 2.62. The summed E-state index contributed by atoms with van der Waals surface area (Å²) < 4.78 is 46.2. The van der Waals surface area contributed by atoms with Crippen molar-refractivity contribution in [3.8, 4) is 0 Å². The fraction of sp³-hybridized carbons (Fsp3) is 0.167. The number of nitrogens with zero attached hydrogens (tertiary/aromatic N) is 2. The van der Waals surface area contributed by atoms with Crippen molar-refractivity contribution in [1.29, 1.82) is 0 Å². The quantitative estimate of drug-likeness (QED) is 0.167. The number of carbonyl (C=O) groups is 1. The first-order valence-corrected chi connectivity index (χ1v) is 9.09. The highest BCUT2D eigenvalue weighted by atomic mass is 35.5. The van der Waals surface area contributed by atoms with E-state index in [4.69, 9.17) is 11.6 Å². The van der Waals surface area contributed by atoms with E-state index in [2.05, 4.69) is 30.3 Å². The van der Waals surface area contributed by atoms with Crippen LogP contribution in [0.2, 0.25) is 5.02 Å². The van der Waals surface area contributed by atoms with E-state index in [1.165, 1.54) is 19.2 Å². The molecule has 31 heavy (non-hydrogen) atoms. The number of aliphatic imine (C=N–C) groups is 1. The zero-order valence-electron chi connectivity index (χ0n) is 15.9. The van der Waals surface area contributed by atoms with E-state index in [1.54, 1.807) is 0 Å². The Morgan fingerprint density at radius 2 is 2.03 bits per heavy atom. The smallest absolute Gasteiger partial charge is 0.406 e. The Balaban J connectivity index is 1.96. The first-order chi connectivity index (χ1) is 14.8. The Morgan fingerprint density at radius 3 is 2.71 bits per heavy atom. The molecule has 0 unspecified atom stereocenters. The predicted octanol–water partition coefficient (Wildman–Crippen LogP) is 3.46. The first kappa shape index (κ1) is 22.2. The third kappa shape index (κ3) is 4.98. The average Bonchev–Trinajstić information content (AvgIpc) is 3.19. The number of alkyl carbamates (subject to hydrolysis) is 1. The van der Waals surface area contributed by atoms with Crippen molar-refractivity contribution in [2.24, 2.45) is 4.99 Å². The van der Waals surface area contributed by atoms with Gasteiger partial charge in [0.2, 0.25) is 5.95 Å². The Hall–Kier alpha value is -3.51. The van der Waals surface area contributed by atoms with E-state index in [0.717, 1.165) is 12.1 Å². The molecule has 0 saturated carbocycles. The maximum atomic E-state index is 14.3. The minimum absolute atomic E-state index is 0.0239. The lowest BCUT2D eigenvalue weighted by Gasteiger charge is -2.08. The van der Waals surface area contributed by atoms with Crippen LogP contribution in [0.4, 0.5) is 29.6 Å². The van der Waals surface area contributed by atoms with Crippen LogP contribution in [-0.2, 0) is 4.74 Å². The van der Waals surface area contributed by atoms with E-state index in [-0.39, 0.29) is 52.2 Å². The molecule has 0 saturated heterocycles. The van der Waals surface area contributed by atoms with Gasteiger partial charge in [0.25, 0.3) is 0 Å². The van der Waals surface area contributed by atoms with Crippen LogP contribution in [0, 0.1) is 17.5 Å². The van der Waals surface area contributed by atoms with Crippen LogP contribution in [-0.4, -0.2) is 47.3 Å². The molecule has 3 rings (SSSR count). The van der Waals surface area contributed by atoms with Gasteiger partial charge in [-0.2, -0.15) is 0 Å². The number of rotatable bonds is 6. The molecule has 164 valence electrons. The number of fused-ring (bicyclic) bond motifs is 1. The topological polar surface area (TPSA) is 124 Å². The number of hydrogen-bond donors (Lipinski definition) is 5. The Labute approximate surface area is 178 Å². The molecule has 0 aliphatic rings. The molecule has 0 aliphatic carbocycles. The number of hydroxylamine groups is 1. The lowest BCUT2D eigenvalue weighted by molar-refractivity contribution is 0.171. The molecule has 9 nitrogen and oxygen atoms in total. The number of halogens is 4. The lowest BCUT2D eigenvalue weighted by atomic mass is 10.1. The predicted molar refractivity (Wildman–Crippen MR) is 107 cm³/mol. The molecule has 1 amide bonds. The minimum Gasteiger partial charge on any atom is -0.453 e. The number of aromatic nitrogens is 2. The summed E-state index contributed by atoms with van der Waals surface area (Å²) >= 11 is 5.72. The maximum absolute atomic E-state index is 14.3. The average molecular weight is 457 g/mol. The third-order valence-electron chi connectivity index (χ3n) is 4.04. The van der Waals surface area contributed by atoms with Crippen LogP contribution in [0.25, 0.3) is 11.0 Å². The van der Waals surface area contributed by atoms with Gasteiger partial charge in [-0.05, 0) is 24.3 Å². The van der Waals surface area contributed by atoms with Crippen LogP contribution in [0.5, 0.6) is 0 Å². The molecule has 5 N–H and O–H groups in total. The highest BCUT2D eigenvalue weighted by molar-refractivity contribution is 6.31. The van der Waals surface area contributed by atoms with Crippen LogP contribution in [0.3, 0.4) is 0 Å². The van der Waals surface area contributed by atoms with E-state index >= 15 is 0 Å². The fourth-order valence-corrected chi connectivity index (χ4v) is 2.79. The highest BCUT2D eigenvalue weighted by Crippen LogP contribution is 2.27. The molecule has 3 aromatic rings. The minimum atomic E-state index is -1.23. The summed E-state index contributed by atoms with van der Waals surface area (Å²) in [5, 5.41) is 14.6. The Morgan fingerprint density at radius 1 is 1.26 bits per heavy atom. The molecule has 0 atom stereocenters. The number of carbonyl (C=O) groups excluding carboxylic acids is 1. The van der Waals surface area contributed by atoms with Crippen molar-refractivity contribution in [2.45, 2.75) is 0 Å². The molecule has 2 aromatic carbocycles. The zero-order chi connectivity index (χ0) is 22.5. The van der Waals surface area contributed by atoms with Gasteiger partial charge in [-0.1, -0.05) is 11.6 Å². The number of anilines is 1. The molecular weight excluding hydrogens is 441 g/mol. The summed E-state index contributed by atoms with van der Waals surface area (Å²) in [5.41, 5.74) is 1.59. The number of aromatic amines is 1. The van der Waals surface area contributed by atoms with Gasteiger partial charge < -0.3 is 20.4 Å². The summed E-state index contributed by atoms with van der Waals surface area (Å²) in [5.74, 6) is -3.30. The van der Waals surface area contributed by atoms with Crippen LogP contribution < -0.4 is 16.1 Å². The molecular formula is C18H16ClF3N6O3. The summed E-state index contributed by atoms with van der Waals surface area (Å²) in [4.78, 5) is 21.8. The van der Waals surface area contributed by atoms with Crippen molar-refractivity contribution in [3.63, 3.8) is 0 Å². The number of ether oxygens (including phenoxy) is 1. The number of amides is 1. The third-order valence-corrected chi connectivity index (χ3v) is 4.33. The number of methoxy groups -OCH3 is 1. The SMILES string of the molecule is COC(=O)NCCNc1nc2c(F)c(F)cc(C(=Nc3ccc(F)c(Cl)c3)NO)c2[nH]1. The van der Waals surface area contributed by atoms with Crippen molar-refractivity contribution in [1.82, 2.24) is 20.8 Å². The molecule has 0 aliphatic heterocycles. The summed E-state index contributed by atoms with van der Waals surface area (Å²) in [6.45, 7) is 0.366. The van der Waals surface area contributed by atoms with Gasteiger partial charge in [-0.15, -0.1) is 0 Å². The second-order valence-electron chi connectivity index (χ2n) is 6.04. The summed E-state index contributed by atoms with van der Waals surface area (Å²) in [7, 11) is 1.22. The zero-order valence-corrected chi connectivity index (χ0v) is 16.6. The van der Waals surface area contributed by atoms with E-state index in [1.807, 2.05) is 5.48 Å². The molecule has 0 fully saturated rings. The molecule has 13 heteroatoms. The second-order valence-corrected chi connectivity index (χ2v) is 6.45. The summed E-state index contributed by atoms with van der Waals surface area (Å²) in [6, 6.07) is 4.35. The molecule has 0 spiro atoms. The van der Waals surface area contributed by atoms with Crippen LogP contribution in [0.1, 0.15) is 5.56 Å². The van der Waals surface area contributed by atoms with E-state index < -0.39 is 23.5 Å². The van der Waals surface area contributed by atoms with Gasteiger partial charge in [0.1, 0.15) is 11.3 Å². The van der Waals surface area contributed by atoms with E-state index in [9.17, 15) is 23.2 Å². The van der Waals surface area contributed by atoms with Gasteiger partial charge in [-0.25, -0.2) is 27.9 Å². The number of nitrogens with one attached hydrogen (secondary N) is 4. The van der Waals surface area contributed by atoms with Gasteiger partial charge >= 0.3 is 6.09 Å². The second kappa shape index (κ2) is 9.53. The number of H-pyrrole nitrogens is 1. The molecule has 1 heterocycles. The normalized spacial score (nSPS) is 11.5. The van der Waals surface area contributed by atoms with Crippen molar-refractivity contribution < 1.29 is 27.9 Å².